The normalized spacial score (nSPS) is 30.2. The number of hydrogen-bond acceptors (Lipinski definition) is 19. The van der Waals surface area contributed by atoms with Gasteiger partial charge >= 0.3 is 17.8 Å². The first kappa shape index (κ1) is 58.5. The van der Waals surface area contributed by atoms with E-state index in [0.717, 1.165) is 6.26 Å². The number of carbonyl (C=O) groups is 8. The number of carbonyl (C=O) groups excluding carboxylic acids is 8. The summed E-state index contributed by atoms with van der Waals surface area (Å²) in [5.74, 6) is -11.7. The van der Waals surface area contributed by atoms with Crippen LogP contribution in [0.15, 0.2) is 65.7 Å². The van der Waals surface area contributed by atoms with E-state index >= 15 is 9.18 Å². The fraction of sp³-hybridized carbons (Fsp3) is 0.500. The Kier molecular flexibility index (Phi) is 17.0. The molecule has 7 N–H and O–H groups in total. The minimum Gasteiger partial charge on any atom is -0.507 e. The number of aliphatic hydroxyl groups excluding tert-OH is 2. The highest BCUT2D eigenvalue weighted by molar-refractivity contribution is 6.32. The van der Waals surface area contributed by atoms with E-state index in [1.165, 1.54) is 75.8 Å². The van der Waals surface area contributed by atoms with E-state index in [0.29, 0.717) is 0 Å². The fourth-order valence-corrected chi connectivity index (χ4v) is 11.0. The molecule has 2 aromatic carbocycles. The Labute approximate surface area is 461 Å². The lowest BCUT2D eigenvalue weighted by molar-refractivity contribution is -0.156. The molecule has 23 nitrogen and oxygen atoms in total. The summed E-state index contributed by atoms with van der Waals surface area (Å²) in [6.45, 7) is 12.4. The first-order chi connectivity index (χ1) is 37.8. The lowest BCUT2D eigenvalue weighted by Gasteiger charge is -2.45. The number of phenolic OH excluding ortho intramolecular Hbond substituents is 1. The van der Waals surface area contributed by atoms with Gasteiger partial charge in [0.25, 0.3) is 11.7 Å². The van der Waals surface area contributed by atoms with Gasteiger partial charge in [0.15, 0.2) is 0 Å². The van der Waals surface area contributed by atoms with Crippen molar-refractivity contribution in [2.75, 3.05) is 69.3 Å². The number of esters is 1. The van der Waals surface area contributed by atoms with Crippen LogP contribution >= 0.6 is 0 Å². The van der Waals surface area contributed by atoms with Crippen LogP contribution in [0.3, 0.4) is 0 Å². The Bertz CT molecular complexity index is 3020. The number of anilines is 2. The summed E-state index contributed by atoms with van der Waals surface area (Å²) < 4.78 is 44.5. The van der Waals surface area contributed by atoms with Gasteiger partial charge in [0.1, 0.15) is 40.9 Å². The van der Waals surface area contributed by atoms with Crippen LogP contribution in [0, 0.1) is 36.4 Å². The van der Waals surface area contributed by atoms with Crippen LogP contribution < -0.4 is 30.9 Å². The number of halogens is 1. The predicted molar refractivity (Wildman–Crippen MR) is 284 cm³/mol. The smallest absolute Gasteiger partial charge is 0.414 e. The van der Waals surface area contributed by atoms with Gasteiger partial charge in [-0.3, -0.25) is 38.5 Å². The van der Waals surface area contributed by atoms with Gasteiger partial charge in [0, 0.05) is 96.0 Å². The molecule has 3 fully saturated rings. The standard InChI is InChI=1S/C56H68FN7O16/c1-26-11-10-12-27(2)53(73)60-43-44(63-23-33(24-63)54(74)62-18-16-61(17-19-62)37-14-13-34(21-36(37)57)64-25-35(79-55(64)75)22-59-31(6)65)49(71)39-40(48(43)70)46(68)30(5)50-41(39)52(72)56(8,80-50)77-20-15-38(76-9)28(3)51(78-32(7)66)42(58)47(69)29(4)45(26)67/h10-15,20-21,26,28-29,33,35,38,42,45,47,51,67-69H,16-19,22-25,58H2,1-9H3,(H,59,65)(H,60,73)/b11-10+,20-15+,27-12-/t26-,28+,29+,35-,38-,42+,45-,47+,51+,56-/m0/s1. The summed E-state index contributed by atoms with van der Waals surface area (Å²) in [7, 11) is 1.36. The van der Waals surface area contributed by atoms with Gasteiger partial charge in [-0.25, -0.2) is 9.18 Å². The van der Waals surface area contributed by atoms with Gasteiger partial charge in [-0.15, -0.1) is 0 Å². The molecule has 0 aromatic heterocycles. The number of nitrogens with one attached hydrogen (secondary N) is 2. The third kappa shape index (κ3) is 11.1. The summed E-state index contributed by atoms with van der Waals surface area (Å²) in [5, 5.41) is 39.8. The van der Waals surface area contributed by atoms with Crippen LogP contribution in [-0.2, 0) is 38.1 Å². The van der Waals surface area contributed by atoms with E-state index in [-0.39, 0.29) is 104 Å². The number of ether oxygens (including phenoxy) is 5. The molecule has 6 heterocycles. The SMILES string of the molecule is CO[C@H]1/C=C/O[C@@]2(C)Oc3c(C)c(O)c4c(c3C2=O)C(=O)C(N2CC(C(=O)N3CCN(c5ccc(N6C[C@H](CNC(C)=O)OC6=O)cc5F)CC3)C2)=C(NC(=O)/C(C)=C\C=C\[C@H](C)[C@H](O)[C@@H](C)[C@@H](O)[C@@H](N)[C@H](OC(C)=O)[C@@H]1C)C4=O. The number of benzene rings is 2. The highest BCUT2D eigenvalue weighted by atomic mass is 19.1. The summed E-state index contributed by atoms with van der Waals surface area (Å²) in [6, 6.07) is 3.11. The number of methoxy groups -OCH3 is 1. The predicted octanol–water partition coefficient (Wildman–Crippen LogP) is 2.53. The van der Waals surface area contributed by atoms with Crippen molar-refractivity contribution in [3.8, 4) is 11.5 Å². The average molecular weight is 1110 g/mol. The summed E-state index contributed by atoms with van der Waals surface area (Å²) in [4.78, 5) is 115. The van der Waals surface area contributed by atoms with Gasteiger partial charge < -0.3 is 70.1 Å². The van der Waals surface area contributed by atoms with Gasteiger partial charge in [-0.1, -0.05) is 39.0 Å². The van der Waals surface area contributed by atoms with Crippen molar-refractivity contribution in [2.24, 2.45) is 29.4 Å². The molecule has 430 valence electrons. The van der Waals surface area contributed by atoms with Gasteiger partial charge in [-0.2, -0.15) is 0 Å². The second kappa shape index (κ2) is 23.2. The van der Waals surface area contributed by atoms with Crippen LogP contribution in [0.5, 0.6) is 11.5 Å². The first-order valence-corrected chi connectivity index (χ1v) is 26.4. The molecular weight excluding hydrogens is 1050 g/mol. The number of piperazine rings is 1. The minimum atomic E-state index is -2.21. The maximum Gasteiger partial charge on any atom is 0.414 e. The van der Waals surface area contributed by atoms with E-state index in [2.05, 4.69) is 10.6 Å². The van der Waals surface area contributed by atoms with E-state index in [1.54, 1.807) is 48.8 Å². The second-order valence-electron chi connectivity index (χ2n) is 21.3. The zero-order chi connectivity index (χ0) is 58.4. The van der Waals surface area contributed by atoms with Crippen molar-refractivity contribution in [2.45, 2.75) is 97.7 Å². The topological polar surface area (TPSA) is 306 Å². The lowest BCUT2D eigenvalue weighted by Crippen LogP contribution is -2.59. The molecule has 0 radical (unpaired) electrons. The number of Topliss-reactive ketones (excluding diaryl/α,β-unsaturated/α-hetero) is 3. The van der Waals surface area contributed by atoms with Crippen LogP contribution in [0.25, 0.3) is 0 Å². The molecule has 0 saturated carbocycles. The number of aliphatic hydroxyl groups is 2. The van der Waals surface area contributed by atoms with Crippen molar-refractivity contribution in [3.05, 3.63) is 93.8 Å². The maximum atomic E-state index is 15.7. The molecule has 6 aliphatic heterocycles. The van der Waals surface area contributed by atoms with E-state index in [9.17, 15) is 48.9 Å². The van der Waals surface area contributed by atoms with Gasteiger partial charge in [0.2, 0.25) is 23.4 Å². The second-order valence-corrected chi connectivity index (χ2v) is 21.3. The highest BCUT2D eigenvalue weighted by Crippen LogP contribution is 2.49. The molecule has 0 unspecified atom stereocenters. The number of phenols is 1. The van der Waals surface area contributed by atoms with E-state index in [1.807, 2.05) is 0 Å². The Balaban J connectivity index is 1.06. The maximum absolute atomic E-state index is 15.7. The molecule has 2 aromatic rings. The van der Waals surface area contributed by atoms with Crippen LogP contribution in [0.4, 0.5) is 20.6 Å². The molecule has 10 atom stereocenters. The Morgan fingerprint density at radius 3 is 2.24 bits per heavy atom. The molecule has 7 aliphatic rings. The summed E-state index contributed by atoms with van der Waals surface area (Å²) in [5.41, 5.74) is 4.75. The molecule has 0 spiro atoms. The molecule has 5 bridgehead atoms. The summed E-state index contributed by atoms with van der Waals surface area (Å²) >= 11 is 0. The Morgan fingerprint density at radius 1 is 0.912 bits per heavy atom. The van der Waals surface area contributed by atoms with Gasteiger partial charge in [0.05, 0.1) is 77.7 Å². The number of fused-ring (bicyclic) bond motifs is 14. The molecular formula is C56H68FN7O16. The number of nitrogens with zero attached hydrogens (tertiary/aromatic N) is 4. The third-order valence-electron chi connectivity index (χ3n) is 15.8. The van der Waals surface area contributed by atoms with Gasteiger partial charge in [-0.05, 0) is 38.1 Å². The molecule has 4 amide bonds. The molecule has 1 aliphatic carbocycles. The van der Waals surface area contributed by atoms with Crippen molar-refractivity contribution >= 4 is 58.5 Å². The number of amides is 4. The van der Waals surface area contributed by atoms with Crippen LogP contribution in [0.1, 0.15) is 85.1 Å². The Morgan fingerprint density at radius 2 is 1.60 bits per heavy atom. The first-order valence-electron chi connectivity index (χ1n) is 26.4. The molecule has 24 heteroatoms. The van der Waals surface area contributed by atoms with Crippen LogP contribution in [0.2, 0.25) is 0 Å². The number of rotatable bonds is 8. The van der Waals surface area contributed by atoms with Crippen LogP contribution in [-0.4, -0.2) is 174 Å². The number of ketones is 3. The number of likely N-dealkylation sites (tertiary alicyclic amines) is 1. The number of aromatic hydroxyl groups is 1. The van der Waals surface area contributed by atoms with Crippen molar-refractivity contribution < 1.29 is 81.8 Å². The number of hydrogen-bond donors (Lipinski definition) is 6. The number of allylic oxidation sites excluding steroid dienone is 4. The minimum absolute atomic E-state index is 0.0338. The van der Waals surface area contributed by atoms with Crippen molar-refractivity contribution in [3.63, 3.8) is 0 Å². The zero-order valence-electron chi connectivity index (χ0n) is 45.9. The number of nitrogens with two attached hydrogens (primary N) is 1. The largest absolute Gasteiger partial charge is 0.507 e. The lowest BCUT2D eigenvalue weighted by atomic mass is 9.81. The van der Waals surface area contributed by atoms with Crippen molar-refractivity contribution in [1.82, 2.24) is 20.4 Å². The molecule has 9 rings (SSSR count). The number of cyclic esters (lactones) is 1. The summed E-state index contributed by atoms with van der Waals surface area (Å²) in [6.07, 6.45) is 0.902. The average Bonchev–Trinajstić information content (AvgIpc) is 4.13. The van der Waals surface area contributed by atoms with E-state index in [4.69, 9.17) is 29.4 Å². The molecule has 80 heavy (non-hydrogen) atoms. The third-order valence-corrected chi connectivity index (χ3v) is 15.8. The Hall–Kier alpha value is -7.67. The fourth-order valence-electron chi connectivity index (χ4n) is 11.0. The highest BCUT2D eigenvalue weighted by Gasteiger charge is 2.54. The molecule has 3 saturated heterocycles. The van der Waals surface area contributed by atoms with E-state index < -0.39 is 130 Å². The zero-order valence-corrected chi connectivity index (χ0v) is 45.9. The van der Waals surface area contributed by atoms with Crippen molar-refractivity contribution in [1.29, 1.82) is 0 Å². The quantitative estimate of drug-likeness (QED) is 0.207. The monoisotopic (exact) mass is 1110 g/mol.